The van der Waals surface area contributed by atoms with Crippen molar-refractivity contribution in [2.24, 2.45) is 0 Å². The Labute approximate surface area is 152 Å². The van der Waals surface area contributed by atoms with Crippen LogP contribution in [0.25, 0.3) is 11.4 Å². The topological polar surface area (TPSA) is 70.8 Å². The minimum atomic E-state index is -0.506. The fourth-order valence-electron chi connectivity index (χ4n) is 3.77. The Morgan fingerprint density at radius 1 is 1.19 bits per heavy atom. The van der Waals surface area contributed by atoms with Gasteiger partial charge in [0.25, 0.3) is 0 Å². The molecule has 0 saturated carbocycles. The van der Waals surface area contributed by atoms with Gasteiger partial charge in [0.15, 0.2) is 0 Å². The maximum absolute atomic E-state index is 12.8. The number of hydrogen-bond donors (Lipinski definition) is 1. The molecule has 1 aromatic carbocycles. The number of nitrogens with zero attached hydrogens (tertiary/aromatic N) is 4. The van der Waals surface area contributed by atoms with Gasteiger partial charge in [-0.05, 0) is 0 Å². The number of aromatic nitrogens is 2. The molecule has 0 unspecified atom stereocenters. The fraction of sp³-hybridized carbons (Fsp3) is 0.474. The second-order valence-corrected chi connectivity index (χ2v) is 6.83. The van der Waals surface area contributed by atoms with Crippen molar-refractivity contribution in [3.63, 3.8) is 0 Å². The van der Waals surface area contributed by atoms with Gasteiger partial charge in [-0.2, -0.15) is 0 Å². The molecule has 26 heavy (non-hydrogen) atoms. The van der Waals surface area contributed by atoms with E-state index in [9.17, 15) is 9.90 Å². The van der Waals surface area contributed by atoms with Gasteiger partial charge in [0.1, 0.15) is 12.4 Å². The first-order chi connectivity index (χ1) is 12.7. The summed E-state index contributed by atoms with van der Waals surface area (Å²) in [5.74, 6) is 0.790. The van der Waals surface area contributed by atoms with Crippen molar-refractivity contribution in [3.8, 4) is 11.4 Å². The normalized spacial score (nSPS) is 24.1. The highest BCUT2D eigenvalue weighted by atomic mass is 16.5. The van der Waals surface area contributed by atoms with Crippen molar-refractivity contribution in [2.45, 2.75) is 18.7 Å². The summed E-state index contributed by atoms with van der Waals surface area (Å²) in [7, 11) is 0. The Hall–Kier alpha value is -2.22. The number of rotatable bonds is 4. The van der Waals surface area contributed by atoms with E-state index in [-0.39, 0.29) is 18.5 Å². The Morgan fingerprint density at radius 2 is 1.96 bits per heavy atom. The number of aliphatic hydroxyl groups is 1. The van der Waals surface area contributed by atoms with Crippen LogP contribution in [0.1, 0.15) is 0 Å². The molecule has 0 spiro atoms. The summed E-state index contributed by atoms with van der Waals surface area (Å²) in [5.41, 5.74) is 0.984. The minimum Gasteiger partial charge on any atom is -0.390 e. The van der Waals surface area contributed by atoms with E-state index in [1.165, 1.54) is 0 Å². The number of carbonyl (C=O) groups is 1. The molecule has 0 radical (unpaired) electrons. The van der Waals surface area contributed by atoms with Crippen molar-refractivity contribution in [1.29, 1.82) is 0 Å². The van der Waals surface area contributed by atoms with Crippen molar-refractivity contribution in [1.82, 2.24) is 19.4 Å². The predicted molar refractivity (Wildman–Crippen MR) is 96.4 cm³/mol. The predicted octanol–water partition coefficient (Wildman–Crippen LogP) is 0.454. The van der Waals surface area contributed by atoms with Crippen LogP contribution >= 0.6 is 0 Å². The maximum Gasteiger partial charge on any atom is 0.242 e. The highest BCUT2D eigenvalue weighted by Crippen LogP contribution is 2.20. The van der Waals surface area contributed by atoms with Crippen LogP contribution < -0.4 is 0 Å². The molecule has 1 aromatic heterocycles. The van der Waals surface area contributed by atoms with Crippen LogP contribution in [-0.2, 0) is 16.1 Å². The van der Waals surface area contributed by atoms with Crippen LogP contribution in [0.2, 0.25) is 0 Å². The van der Waals surface area contributed by atoms with E-state index in [1.54, 1.807) is 11.1 Å². The molecule has 2 aromatic rings. The number of likely N-dealkylation sites (tertiary alicyclic amines) is 1. The number of hydrogen-bond acceptors (Lipinski definition) is 5. The first-order valence-electron chi connectivity index (χ1n) is 9.06. The smallest absolute Gasteiger partial charge is 0.242 e. The number of β-amino-alcohol motifs (C(OH)–C–C–N with tert-alkyl or cyclic N) is 1. The van der Waals surface area contributed by atoms with Crippen LogP contribution in [0.4, 0.5) is 0 Å². The molecule has 0 aliphatic carbocycles. The zero-order chi connectivity index (χ0) is 17.9. The van der Waals surface area contributed by atoms with Gasteiger partial charge in [-0.25, -0.2) is 4.98 Å². The number of benzene rings is 1. The molecule has 2 atom stereocenters. The molecule has 7 nitrogen and oxygen atoms in total. The minimum absolute atomic E-state index is 0.000712. The largest absolute Gasteiger partial charge is 0.390 e. The van der Waals surface area contributed by atoms with E-state index in [2.05, 4.69) is 9.88 Å². The average Bonchev–Trinajstić information content (AvgIpc) is 3.30. The lowest BCUT2D eigenvalue weighted by Gasteiger charge is -2.33. The van der Waals surface area contributed by atoms with Crippen LogP contribution in [0.3, 0.4) is 0 Å². The lowest BCUT2D eigenvalue weighted by molar-refractivity contribution is -0.131. The zero-order valence-electron chi connectivity index (χ0n) is 14.7. The van der Waals surface area contributed by atoms with Crippen molar-refractivity contribution < 1.29 is 14.6 Å². The number of ether oxygens (including phenoxy) is 1. The Morgan fingerprint density at radius 3 is 2.73 bits per heavy atom. The second kappa shape index (κ2) is 7.57. The molecule has 4 rings (SSSR count). The van der Waals surface area contributed by atoms with Crippen LogP contribution in [0.15, 0.2) is 42.7 Å². The van der Waals surface area contributed by atoms with Gasteiger partial charge in [0.2, 0.25) is 5.91 Å². The third kappa shape index (κ3) is 3.51. The van der Waals surface area contributed by atoms with Crippen molar-refractivity contribution in [3.05, 3.63) is 42.7 Å². The number of amides is 1. The molecular formula is C19H24N4O3. The summed E-state index contributed by atoms with van der Waals surface area (Å²) in [6, 6.07) is 9.84. The molecule has 7 heteroatoms. The number of aliphatic hydroxyl groups excluding tert-OH is 1. The van der Waals surface area contributed by atoms with Crippen LogP contribution in [0, 0.1) is 0 Å². The van der Waals surface area contributed by atoms with Gasteiger partial charge in [-0.15, -0.1) is 0 Å². The van der Waals surface area contributed by atoms with E-state index in [4.69, 9.17) is 4.74 Å². The quantitative estimate of drug-likeness (QED) is 0.862. The summed E-state index contributed by atoms with van der Waals surface area (Å²) in [6.45, 7) is 4.17. The summed E-state index contributed by atoms with van der Waals surface area (Å²) >= 11 is 0. The van der Waals surface area contributed by atoms with E-state index < -0.39 is 6.10 Å². The lowest BCUT2D eigenvalue weighted by atomic mass is 10.2. The highest BCUT2D eigenvalue weighted by Gasteiger charge is 2.38. The van der Waals surface area contributed by atoms with E-state index in [0.29, 0.717) is 26.3 Å². The zero-order valence-corrected chi connectivity index (χ0v) is 14.7. The van der Waals surface area contributed by atoms with Gasteiger partial charge in [-0.3, -0.25) is 9.69 Å². The molecule has 2 aliphatic rings. The van der Waals surface area contributed by atoms with E-state index in [0.717, 1.165) is 24.5 Å². The molecule has 2 aliphatic heterocycles. The van der Waals surface area contributed by atoms with Crippen LogP contribution in [0.5, 0.6) is 0 Å². The first-order valence-corrected chi connectivity index (χ1v) is 9.06. The van der Waals surface area contributed by atoms with Gasteiger partial charge in [-0.1, -0.05) is 30.3 Å². The van der Waals surface area contributed by atoms with Gasteiger partial charge < -0.3 is 19.3 Å². The lowest BCUT2D eigenvalue weighted by Crippen LogP contribution is -2.49. The SMILES string of the molecule is O=C(Cn1ccnc1-c1ccccc1)N1C[C@H](O)[C@@H](N2CCOCC2)C1. The summed E-state index contributed by atoms with van der Waals surface area (Å²) in [4.78, 5) is 21.2. The third-order valence-electron chi connectivity index (χ3n) is 5.18. The molecule has 2 fully saturated rings. The molecule has 3 heterocycles. The Kier molecular flexibility index (Phi) is 5.01. The standard InChI is InChI=1S/C19H24N4O3/c24-17-13-23(12-16(17)21-8-10-26-11-9-21)18(25)14-22-7-6-20-19(22)15-4-2-1-3-5-15/h1-7,16-17,24H,8-14H2/t16-,17-/m0/s1. The number of carbonyl (C=O) groups excluding carboxylic acids is 1. The molecule has 1 N–H and O–H groups in total. The van der Waals surface area contributed by atoms with Crippen molar-refractivity contribution >= 4 is 5.91 Å². The van der Waals surface area contributed by atoms with Gasteiger partial charge in [0.05, 0.1) is 25.4 Å². The van der Waals surface area contributed by atoms with Gasteiger partial charge in [0, 0.05) is 44.1 Å². The summed E-state index contributed by atoms with van der Waals surface area (Å²) in [5, 5.41) is 10.4. The molecule has 1 amide bonds. The molecule has 2 saturated heterocycles. The second-order valence-electron chi connectivity index (χ2n) is 6.83. The van der Waals surface area contributed by atoms with E-state index in [1.807, 2.05) is 41.1 Å². The van der Waals surface area contributed by atoms with Crippen LogP contribution in [-0.4, -0.2) is 81.9 Å². The third-order valence-corrected chi connectivity index (χ3v) is 5.18. The fourth-order valence-corrected chi connectivity index (χ4v) is 3.77. The monoisotopic (exact) mass is 356 g/mol. The Bertz CT molecular complexity index is 742. The summed E-state index contributed by atoms with van der Waals surface area (Å²) < 4.78 is 7.25. The number of imidazole rings is 1. The van der Waals surface area contributed by atoms with E-state index >= 15 is 0 Å². The first kappa shape index (κ1) is 17.2. The summed E-state index contributed by atoms with van der Waals surface area (Å²) in [6.07, 6.45) is 3.03. The molecule has 138 valence electrons. The molecular weight excluding hydrogens is 332 g/mol. The molecule has 0 bridgehead atoms. The van der Waals surface area contributed by atoms with Crippen molar-refractivity contribution in [2.75, 3.05) is 39.4 Å². The maximum atomic E-state index is 12.8. The number of morpholine rings is 1. The van der Waals surface area contributed by atoms with Gasteiger partial charge >= 0.3 is 0 Å². The highest BCUT2D eigenvalue weighted by molar-refractivity contribution is 5.77. The Balaban J connectivity index is 1.42. The average molecular weight is 356 g/mol.